The zero-order chi connectivity index (χ0) is 12.8. The van der Waals surface area contributed by atoms with Crippen molar-refractivity contribution in [1.82, 2.24) is 4.98 Å². The van der Waals surface area contributed by atoms with Gasteiger partial charge < -0.3 is 5.11 Å². The molecular formula is C14H13NO2S. The van der Waals surface area contributed by atoms with Gasteiger partial charge in [0.15, 0.2) is 0 Å². The molecule has 0 saturated carbocycles. The van der Waals surface area contributed by atoms with E-state index in [2.05, 4.69) is 4.98 Å². The van der Waals surface area contributed by atoms with Crippen molar-refractivity contribution in [3.8, 4) is 0 Å². The van der Waals surface area contributed by atoms with Crippen molar-refractivity contribution < 1.29 is 9.90 Å². The van der Waals surface area contributed by atoms with Gasteiger partial charge in [-0.05, 0) is 24.1 Å². The largest absolute Gasteiger partial charge is 0.480 e. The van der Waals surface area contributed by atoms with Crippen molar-refractivity contribution in [2.24, 2.45) is 0 Å². The number of pyridine rings is 1. The Labute approximate surface area is 110 Å². The van der Waals surface area contributed by atoms with Gasteiger partial charge >= 0.3 is 5.97 Å². The lowest BCUT2D eigenvalue weighted by molar-refractivity contribution is -0.136. The molecule has 0 saturated heterocycles. The highest BCUT2D eigenvalue weighted by atomic mass is 32.2. The summed E-state index contributed by atoms with van der Waals surface area (Å²) in [6.45, 7) is 0. The highest BCUT2D eigenvalue weighted by molar-refractivity contribution is 8.00. The Hall–Kier alpha value is -1.81. The van der Waals surface area contributed by atoms with Crippen molar-refractivity contribution in [3.63, 3.8) is 0 Å². The SMILES string of the molecule is O=C(O)C(Cc1ccccc1)Sc1ccncc1. The van der Waals surface area contributed by atoms with Crippen LogP contribution in [0.25, 0.3) is 0 Å². The molecule has 2 rings (SSSR count). The van der Waals surface area contributed by atoms with E-state index in [9.17, 15) is 9.90 Å². The fourth-order valence-corrected chi connectivity index (χ4v) is 2.57. The second-order valence-corrected chi connectivity index (χ2v) is 5.09. The summed E-state index contributed by atoms with van der Waals surface area (Å²) in [6.07, 6.45) is 3.86. The fraction of sp³-hybridized carbons (Fsp3) is 0.143. The van der Waals surface area contributed by atoms with Crippen LogP contribution in [0.1, 0.15) is 5.56 Å². The highest BCUT2D eigenvalue weighted by Crippen LogP contribution is 2.25. The average molecular weight is 259 g/mol. The van der Waals surface area contributed by atoms with Crippen molar-refractivity contribution in [2.45, 2.75) is 16.6 Å². The van der Waals surface area contributed by atoms with Gasteiger partial charge in [0.1, 0.15) is 5.25 Å². The summed E-state index contributed by atoms with van der Waals surface area (Å²) in [7, 11) is 0. The molecule has 18 heavy (non-hydrogen) atoms. The topological polar surface area (TPSA) is 50.2 Å². The Morgan fingerprint density at radius 2 is 1.83 bits per heavy atom. The van der Waals surface area contributed by atoms with E-state index in [1.807, 2.05) is 42.5 Å². The van der Waals surface area contributed by atoms with E-state index in [1.54, 1.807) is 12.4 Å². The molecule has 0 aliphatic rings. The number of carboxylic acid groups (broad SMARTS) is 1. The summed E-state index contributed by atoms with van der Waals surface area (Å²) in [5.41, 5.74) is 1.03. The van der Waals surface area contributed by atoms with Gasteiger partial charge in [-0.3, -0.25) is 9.78 Å². The summed E-state index contributed by atoms with van der Waals surface area (Å²) in [4.78, 5) is 16.1. The molecule has 1 atom stereocenters. The van der Waals surface area contributed by atoms with Gasteiger partial charge in [-0.2, -0.15) is 0 Å². The van der Waals surface area contributed by atoms with E-state index in [0.29, 0.717) is 6.42 Å². The van der Waals surface area contributed by atoms with E-state index in [1.165, 1.54) is 11.8 Å². The third-order valence-electron chi connectivity index (χ3n) is 2.47. The molecule has 0 aliphatic carbocycles. The molecule has 0 aliphatic heterocycles. The van der Waals surface area contributed by atoms with E-state index in [-0.39, 0.29) is 0 Å². The normalized spacial score (nSPS) is 12.0. The second kappa shape index (κ2) is 6.21. The Morgan fingerprint density at radius 3 is 2.44 bits per heavy atom. The molecule has 4 heteroatoms. The van der Waals surface area contributed by atoms with Crippen LogP contribution >= 0.6 is 11.8 Å². The maximum Gasteiger partial charge on any atom is 0.317 e. The molecule has 3 nitrogen and oxygen atoms in total. The zero-order valence-electron chi connectivity index (χ0n) is 9.69. The first-order chi connectivity index (χ1) is 8.75. The van der Waals surface area contributed by atoms with Crippen LogP contribution in [0.4, 0.5) is 0 Å². The quantitative estimate of drug-likeness (QED) is 0.839. The first kappa shape index (κ1) is 12.6. The van der Waals surface area contributed by atoms with Crippen molar-refractivity contribution in [1.29, 1.82) is 0 Å². The predicted molar refractivity (Wildman–Crippen MR) is 71.7 cm³/mol. The number of carbonyl (C=O) groups is 1. The third kappa shape index (κ3) is 3.60. The maximum atomic E-state index is 11.3. The number of carboxylic acids is 1. The number of benzene rings is 1. The molecule has 1 N–H and O–H groups in total. The van der Waals surface area contributed by atoms with Crippen molar-refractivity contribution >= 4 is 17.7 Å². The number of rotatable bonds is 5. The number of hydrogen-bond acceptors (Lipinski definition) is 3. The van der Waals surface area contributed by atoms with Crippen LogP contribution in [0.5, 0.6) is 0 Å². The minimum atomic E-state index is -0.791. The van der Waals surface area contributed by atoms with Crippen molar-refractivity contribution in [2.75, 3.05) is 0 Å². The van der Waals surface area contributed by atoms with Gasteiger partial charge in [-0.25, -0.2) is 0 Å². The van der Waals surface area contributed by atoms with Crippen LogP contribution in [0.3, 0.4) is 0 Å². The summed E-state index contributed by atoms with van der Waals surface area (Å²) in [5, 5.41) is 8.78. The molecule has 2 aromatic rings. The summed E-state index contributed by atoms with van der Waals surface area (Å²) >= 11 is 1.35. The molecule has 1 unspecified atom stereocenters. The molecule has 0 fully saturated rings. The second-order valence-electron chi connectivity index (χ2n) is 3.82. The molecule has 0 amide bonds. The Kier molecular flexibility index (Phi) is 4.36. The monoisotopic (exact) mass is 259 g/mol. The van der Waals surface area contributed by atoms with Crippen LogP contribution in [0.15, 0.2) is 59.8 Å². The molecule has 1 heterocycles. The van der Waals surface area contributed by atoms with Gasteiger partial charge in [-0.15, -0.1) is 11.8 Å². The minimum Gasteiger partial charge on any atom is -0.480 e. The minimum absolute atomic E-state index is 0.477. The fourth-order valence-electron chi connectivity index (χ4n) is 1.59. The first-order valence-corrected chi connectivity index (χ1v) is 6.47. The van der Waals surface area contributed by atoms with E-state index < -0.39 is 11.2 Å². The summed E-state index contributed by atoms with van der Waals surface area (Å²) in [6, 6.07) is 13.3. The molecule has 0 bridgehead atoms. The van der Waals surface area contributed by atoms with Crippen molar-refractivity contribution in [3.05, 3.63) is 60.4 Å². The molecular weight excluding hydrogens is 246 g/mol. The standard InChI is InChI=1S/C14H13NO2S/c16-14(17)13(10-11-4-2-1-3-5-11)18-12-6-8-15-9-7-12/h1-9,13H,10H2,(H,16,17). The zero-order valence-corrected chi connectivity index (χ0v) is 10.5. The lowest BCUT2D eigenvalue weighted by Gasteiger charge is -2.11. The number of nitrogens with zero attached hydrogens (tertiary/aromatic N) is 1. The van der Waals surface area contributed by atoms with E-state index in [0.717, 1.165) is 10.5 Å². The van der Waals surface area contributed by atoms with Gasteiger partial charge in [0.2, 0.25) is 0 Å². The summed E-state index contributed by atoms with van der Waals surface area (Å²) < 4.78 is 0. The predicted octanol–water partition coefficient (Wildman–Crippen LogP) is 2.87. The Bertz CT molecular complexity index is 460. The molecule has 1 aromatic carbocycles. The Morgan fingerprint density at radius 1 is 1.17 bits per heavy atom. The lowest BCUT2D eigenvalue weighted by atomic mass is 10.1. The lowest BCUT2D eigenvalue weighted by Crippen LogP contribution is -2.19. The van der Waals surface area contributed by atoms with Crippen LogP contribution in [0, 0.1) is 0 Å². The highest BCUT2D eigenvalue weighted by Gasteiger charge is 2.19. The van der Waals surface area contributed by atoms with Crippen LogP contribution < -0.4 is 0 Å². The van der Waals surface area contributed by atoms with Crippen LogP contribution in [0.2, 0.25) is 0 Å². The number of aromatic nitrogens is 1. The first-order valence-electron chi connectivity index (χ1n) is 5.59. The van der Waals surface area contributed by atoms with Crippen LogP contribution in [-0.2, 0) is 11.2 Å². The van der Waals surface area contributed by atoms with Gasteiger partial charge in [-0.1, -0.05) is 30.3 Å². The molecule has 1 aromatic heterocycles. The Balaban J connectivity index is 2.08. The number of aliphatic carboxylic acids is 1. The third-order valence-corrected chi connectivity index (χ3v) is 3.66. The molecule has 0 radical (unpaired) electrons. The number of hydrogen-bond donors (Lipinski definition) is 1. The summed E-state index contributed by atoms with van der Waals surface area (Å²) in [5.74, 6) is -0.791. The van der Waals surface area contributed by atoms with E-state index >= 15 is 0 Å². The maximum absolute atomic E-state index is 11.3. The van der Waals surface area contributed by atoms with Gasteiger partial charge in [0, 0.05) is 17.3 Å². The van der Waals surface area contributed by atoms with Gasteiger partial charge in [0.05, 0.1) is 0 Å². The average Bonchev–Trinajstić information content (AvgIpc) is 2.40. The molecule has 0 spiro atoms. The van der Waals surface area contributed by atoms with E-state index in [4.69, 9.17) is 0 Å². The van der Waals surface area contributed by atoms with Crippen LogP contribution in [-0.4, -0.2) is 21.3 Å². The smallest absolute Gasteiger partial charge is 0.317 e. The number of thioether (sulfide) groups is 1. The molecule has 92 valence electrons. The van der Waals surface area contributed by atoms with Gasteiger partial charge in [0.25, 0.3) is 0 Å².